The third-order valence-electron chi connectivity index (χ3n) is 9.58. The number of aromatic nitrogens is 2. The van der Waals surface area contributed by atoms with E-state index in [2.05, 4.69) is 50.3 Å². The molecule has 3 fully saturated rings. The molecule has 234 valence electrons. The Kier molecular flexibility index (Phi) is 8.91. The van der Waals surface area contributed by atoms with Gasteiger partial charge in [0.25, 0.3) is 0 Å². The van der Waals surface area contributed by atoms with Crippen LogP contribution >= 0.6 is 11.8 Å². The second-order valence-electron chi connectivity index (χ2n) is 12.4. The summed E-state index contributed by atoms with van der Waals surface area (Å²) in [6, 6.07) is 7.18. The van der Waals surface area contributed by atoms with Crippen molar-refractivity contribution in [2.75, 3.05) is 45.8 Å². The summed E-state index contributed by atoms with van der Waals surface area (Å²) in [7, 11) is -3.64. The van der Waals surface area contributed by atoms with Crippen LogP contribution in [0.1, 0.15) is 50.9 Å². The number of piperazine rings is 2. The minimum atomic E-state index is -3.64. The average Bonchev–Trinajstić information content (AvgIpc) is 3.59. The number of rotatable bonds is 9. The third kappa shape index (κ3) is 6.12. The van der Waals surface area contributed by atoms with Crippen LogP contribution in [0.5, 0.6) is 0 Å². The number of imidazole rings is 1. The Morgan fingerprint density at radius 2 is 1.91 bits per heavy atom. The van der Waals surface area contributed by atoms with Gasteiger partial charge in [-0.1, -0.05) is 42.1 Å². The standard InChI is InChI=1S/C31H43FN6O3S2/c1-4-30(42-31(10-5-11-31)35-18-23(2)37-21-29(39)16-27(37)20-35)43(40,41)36-14-12-34(13-15-36)19-28-17-33-22-38(28)24(3)25-6-8-26(32)9-7-25/h4-10,17,22-24,27,29,39H,11-16,18-21H2,1-3H3/b30-4+/t23?,24-,27+,29-,31?/m1/s1. The molecule has 6 rings (SSSR count). The van der Waals surface area contributed by atoms with E-state index in [1.807, 2.05) is 13.1 Å². The molecular formula is C31H43FN6O3S2. The Morgan fingerprint density at radius 1 is 1.19 bits per heavy atom. The van der Waals surface area contributed by atoms with Crippen LogP contribution in [0.15, 0.2) is 59.3 Å². The van der Waals surface area contributed by atoms with Gasteiger partial charge in [0.05, 0.1) is 29.0 Å². The number of allylic oxidation sites excluding steroid dienone is 1. The monoisotopic (exact) mass is 630 g/mol. The molecule has 5 atom stereocenters. The highest BCUT2D eigenvalue weighted by Gasteiger charge is 2.48. The first-order chi connectivity index (χ1) is 20.6. The van der Waals surface area contributed by atoms with E-state index in [1.165, 1.54) is 23.9 Å². The van der Waals surface area contributed by atoms with Gasteiger partial charge < -0.3 is 9.67 Å². The Hall–Kier alpha value is -2.06. The summed E-state index contributed by atoms with van der Waals surface area (Å²) in [4.78, 5) is 11.1. The molecule has 0 amide bonds. The van der Waals surface area contributed by atoms with Crippen LogP contribution in [-0.4, -0.2) is 111 Å². The SMILES string of the molecule is C/C=C(\SC1(N2CC(C)N3C[C@H](O)C[C@H]3C2)C=CC1)S(=O)(=O)N1CCN(Cc2cncn2[C@H](C)c2ccc(F)cc2)CC1. The lowest BCUT2D eigenvalue weighted by Crippen LogP contribution is -2.62. The van der Waals surface area contributed by atoms with Gasteiger partial charge in [0.15, 0.2) is 0 Å². The van der Waals surface area contributed by atoms with Crippen molar-refractivity contribution in [3.05, 3.63) is 76.3 Å². The second-order valence-corrected chi connectivity index (χ2v) is 15.9. The molecule has 1 N–H and O–H groups in total. The zero-order chi connectivity index (χ0) is 30.4. The van der Waals surface area contributed by atoms with Gasteiger partial charge in [-0.3, -0.25) is 14.7 Å². The summed E-state index contributed by atoms with van der Waals surface area (Å²) in [6.45, 7) is 11.3. The Labute approximate surface area is 259 Å². The Balaban J connectivity index is 1.08. The van der Waals surface area contributed by atoms with Crippen LogP contribution in [-0.2, 0) is 16.6 Å². The van der Waals surface area contributed by atoms with E-state index >= 15 is 0 Å². The maximum absolute atomic E-state index is 13.9. The molecule has 43 heavy (non-hydrogen) atoms. The summed E-state index contributed by atoms with van der Waals surface area (Å²) >= 11 is 1.47. The number of aliphatic hydroxyl groups is 1. The summed E-state index contributed by atoms with van der Waals surface area (Å²) in [6.07, 6.45) is 11.0. The van der Waals surface area contributed by atoms with E-state index in [1.54, 1.807) is 28.8 Å². The average molecular weight is 631 g/mol. The smallest absolute Gasteiger partial charge is 0.248 e. The van der Waals surface area contributed by atoms with Crippen LogP contribution in [0.4, 0.5) is 4.39 Å². The van der Waals surface area contributed by atoms with E-state index < -0.39 is 10.0 Å². The largest absolute Gasteiger partial charge is 0.392 e. The van der Waals surface area contributed by atoms with Crippen molar-refractivity contribution in [3.63, 3.8) is 0 Å². The molecular weight excluding hydrogens is 588 g/mol. The Bertz CT molecular complexity index is 1460. The summed E-state index contributed by atoms with van der Waals surface area (Å²) in [5.41, 5.74) is 2.05. The lowest BCUT2D eigenvalue weighted by atomic mass is 9.97. The minimum absolute atomic E-state index is 0.00613. The number of fused-ring (bicyclic) bond motifs is 1. The van der Waals surface area contributed by atoms with E-state index in [0.717, 1.165) is 43.7 Å². The molecule has 12 heteroatoms. The number of nitrogens with zero attached hydrogens (tertiary/aromatic N) is 6. The maximum Gasteiger partial charge on any atom is 0.248 e. The van der Waals surface area contributed by atoms with Gasteiger partial charge in [-0.05, 0) is 51.3 Å². The highest BCUT2D eigenvalue weighted by molar-refractivity contribution is 8.18. The lowest BCUT2D eigenvalue weighted by Gasteiger charge is -2.52. The zero-order valence-corrected chi connectivity index (χ0v) is 26.9. The molecule has 2 aromatic rings. The van der Waals surface area contributed by atoms with Gasteiger partial charge in [0.2, 0.25) is 10.0 Å². The molecule has 2 unspecified atom stereocenters. The van der Waals surface area contributed by atoms with Gasteiger partial charge >= 0.3 is 0 Å². The number of thioether (sulfide) groups is 1. The fraction of sp³-hybridized carbons (Fsp3) is 0.581. The molecule has 0 bridgehead atoms. The number of aliphatic hydroxyl groups excluding tert-OH is 1. The molecule has 0 saturated carbocycles. The number of benzene rings is 1. The number of halogens is 1. The predicted octanol–water partition coefficient (Wildman–Crippen LogP) is 3.47. The van der Waals surface area contributed by atoms with Crippen LogP contribution in [0, 0.1) is 5.82 Å². The second kappa shape index (κ2) is 12.4. The molecule has 0 radical (unpaired) electrons. The zero-order valence-electron chi connectivity index (χ0n) is 25.2. The molecule has 3 aliphatic heterocycles. The lowest BCUT2D eigenvalue weighted by molar-refractivity contribution is 0.0301. The highest BCUT2D eigenvalue weighted by atomic mass is 32.3. The number of sulfonamides is 1. The van der Waals surface area contributed by atoms with E-state index in [-0.39, 0.29) is 22.8 Å². The fourth-order valence-corrected chi connectivity index (χ4v) is 10.5. The molecule has 0 spiro atoms. The van der Waals surface area contributed by atoms with Gasteiger partial charge in [0, 0.05) is 70.6 Å². The van der Waals surface area contributed by atoms with Crippen molar-refractivity contribution < 1.29 is 17.9 Å². The van der Waals surface area contributed by atoms with Crippen LogP contribution in [0.2, 0.25) is 0 Å². The predicted molar refractivity (Wildman–Crippen MR) is 168 cm³/mol. The van der Waals surface area contributed by atoms with Crippen molar-refractivity contribution >= 4 is 21.8 Å². The van der Waals surface area contributed by atoms with Crippen LogP contribution in [0.3, 0.4) is 0 Å². The van der Waals surface area contributed by atoms with Crippen molar-refractivity contribution in [1.29, 1.82) is 0 Å². The quantitative estimate of drug-likeness (QED) is 0.422. The van der Waals surface area contributed by atoms with Crippen molar-refractivity contribution in [2.45, 2.75) is 69.3 Å². The Morgan fingerprint density at radius 3 is 2.56 bits per heavy atom. The fourth-order valence-electron chi connectivity index (χ4n) is 7.02. The van der Waals surface area contributed by atoms with E-state index in [4.69, 9.17) is 0 Å². The molecule has 1 aromatic heterocycles. The molecule has 9 nitrogen and oxygen atoms in total. The number of hydrogen-bond donors (Lipinski definition) is 1. The summed E-state index contributed by atoms with van der Waals surface area (Å²) in [5.74, 6) is -0.254. The third-order valence-corrected chi connectivity index (χ3v) is 13.6. The maximum atomic E-state index is 13.9. The van der Waals surface area contributed by atoms with E-state index in [9.17, 15) is 17.9 Å². The van der Waals surface area contributed by atoms with Gasteiger partial charge in [-0.2, -0.15) is 4.31 Å². The molecule has 4 heterocycles. The minimum Gasteiger partial charge on any atom is -0.392 e. The van der Waals surface area contributed by atoms with Crippen LogP contribution < -0.4 is 0 Å². The molecule has 3 saturated heterocycles. The first-order valence-electron chi connectivity index (χ1n) is 15.3. The normalized spacial score (nSPS) is 30.3. The topological polar surface area (TPSA) is 85.2 Å². The first kappa shape index (κ1) is 30.9. The molecule has 1 aromatic carbocycles. The summed E-state index contributed by atoms with van der Waals surface area (Å²) in [5, 5.41) is 10.3. The van der Waals surface area contributed by atoms with Crippen LogP contribution in [0.25, 0.3) is 0 Å². The highest BCUT2D eigenvalue weighted by Crippen LogP contribution is 2.48. The summed E-state index contributed by atoms with van der Waals surface area (Å²) < 4.78 is 45.5. The van der Waals surface area contributed by atoms with Crippen molar-refractivity contribution in [3.8, 4) is 0 Å². The van der Waals surface area contributed by atoms with Gasteiger partial charge in [-0.25, -0.2) is 17.8 Å². The van der Waals surface area contributed by atoms with Gasteiger partial charge in [-0.15, -0.1) is 0 Å². The van der Waals surface area contributed by atoms with Crippen molar-refractivity contribution in [1.82, 2.24) is 28.6 Å². The number of hydrogen-bond acceptors (Lipinski definition) is 8. The van der Waals surface area contributed by atoms with E-state index in [0.29, 0.717) is 49.0 Å². The molecule has 4 aliphatic rings. The first-order valence-corrected chi connectivity index (χ1v) is 17.6. The van der Waals surface area contributed by atoms with Crippen molar-refractivity contribution in [2.24, 2.45) is 0 Å². The molecule has 1 aliphatic carbocycles. The van der Waals surface area contributed by atoms with Gasteiger partial charge in [0.1, 0.15) is 10.1 Å².